The standard InChI is InChI=1S/C19H32F2N4O3.HI/c1-6-27-16(9-10-25(3)4)13-24-19(22-2)23-12-14-11-15(26-5)7-8-17(14)28-18(20)21;/h7-8,11,16,18H,6,9-10,12-13H2,1-5H3,(H2,22,23,24);1H. The van der Waals surface area contributed by atoms with Crippen molar-refractivity contribution < 1.29 is 23.0 Å². The summed E-state index contributed by atoms with van der Waals surface area (Å²) in [4.78, 5) is 6.28. The Labute approximate surface area is 189 Å². The van der Waals surface area contributed by atoms with Crippen LogP contribution in [0.3, 0.4) is 0 Å². The summed E-state index contributed by atoms with van der Waals surface area (Å²) in [6, 6.07) is 4.69. The molecule has 0 radical (unpaired) electrons. The molecule has 0 aliphatic rings. The lowest BCUT2D eigenvalue weighted by atomic mass is 10.2. The van der Waals surface area contributed by atoms with Crippen LogP contribution in [0.2, 0.25) is 0 Å². The highest BCUT2D eigenvalue weighted by Gasteiger charge is 2.13. The minimum atomic E-state index is -2.90. The summed E-state index contributed by atoms with van der Waals surface area (Å²) in [5, 5.41) is 6.32. The smallest absolute Gasteiger partial charge is 0.387 e. The zero-order valence-corrected chi connectivity index (χ0v) is 20.0. The van der Waals surface area contributed by atoms with Crippen molar-refractivity contribution in [1.82, 2.24) is 15.5 Å². The monoisotopic (exact) mass is 530 g/mol. The third-order valence-electron chi connectivity index (χ3n) is 3.95. The molecule has 0 amide bonds. The molecule has 1 aromatic carbocycles. The van der Waals surface area contributed by atoms with Gasteiger partial charge in [0.1, 0.15) is 11.5 Å². The van der Waals surface area contributed by atoms with Crippen LogP contribution in [0.25, 0.3) is 0 Å². The number of methoxy groups -OCH3 is 1. The van der Waals surface area contributed by atoms with E-state index in [9.17, 15) is 8.78 Å². The zero-order chi connectivity index (χ0) is 20.9. The van der Waals surface area contributed by atoms with Gasteiger partial charge in [0.25, 0.3) is 0 Å². The highest BCUT2D eigenvalue weighted by Crippen LogP contribution is 2.25. The molecule has 0 aliphatic heterocycles. The van der Waals surface area contributed by atoms with Crippen LogP contribution in [0.15, 0.2) is 23.2 Å². The van der Waals surface area contributed by atoms with Crippen molar-refractivity contribution in [2.45, 2.75) is 32.6 Å². The van der Waals surface area contributed by atoms with Crippen molar-refractivity contribution in [3.63, 3.8) is 0 Å². The fourth-order valence-electron chi connectivity index (χ4n) is 2.52. The molecule has 1 aromatic rings. The lowest BCUT2D eigenvalue weighted by Crippen LogP contribution is -2.42. The summed E-state index contributed by atoms with van der Waals surface area (Å²) in [6.45, 7) is 1.44. The van der Waals surface area contributed by atoms with Crippen LogP contribution in [-0.4, -0.2) is 71.5 Å². The molecule has 0 fully saturated rings. The molecule has 0 bridgehead atoms. The molecule has 0 aliphatic carbocycles. The van der Waals surface area contributed by atoms with Crippen LogP contribution in [0, 0.1) is 0 Å². The molecule has 7 nitrogen and oxygen atoms in total. The maximum Gasteiger partial charge on any atom is 0.387 e. The Hall–Kier alpha value is -1.40. The first kappa shape index (κ1) is 27.6. The number of benzene rings is 1. The Kier molecular flexibility index (Phi) is 14.7. The molecule has 0 spiro atoms. The molecule has 1 unspecified atom stereocenters. The number of aliphatic imine (C=N–C) groups is 1. The molecule has 10 heteroatoms. The van der Waals surface area contributed by atoms with Gasteiger partial charge in [-0.1, -0.05) is 0 Å². The van der Waals surface area contributed by atoms with Crippen LogP contribution < -0.4 is 20.1 Å². The molecule has 29 heavy (non-hydrogen) atoms. The Bertz CT molecular complexity index is 607. The predicted octanol–water partition coefficient (Wildman–Crippen LogP) is 2.94. The number of nitrogens with zero attached hydrogens (tertiary/aromatic N) is 2. The van der Waals surface area contributed by atoms with E-state index in [-0.39, 0.29) is 42.4 Å². The summed E-state index contributed by atoms with van der Waals surface area (Å²) >= 11 is 0. The molecule has 0 saturated carbocycles. The SMILES string of the molecule is CCOC(CCN(C)C)CNC(=NC)NCc1cc(OC)ccc1OC(F)F.I. The minimum Gasteiger partial charge on any atom is -0.497 e. The van der Waals surface area contributed by atoms with E-state index >= 15 is 0 Å². The molecule has 0 heterocycles. The van der Waals surface area contributed by atoms with Gasteiger partial charge in [0, 0.05) is 38.9 Å². The van der Waals surface area contributed by atoms with Gasteiger partial charge in [0.2, 0.25) is 0 Å². The first-order valence-corrected chi connectivity index (χ1v) is 9.22. The van der Waals surface area contributed by atoms with E-state index in [1.165, 1.54) is 13.2 Å². The maximum absolute atomic E-state index is 12.6. The van der Waals surface area contributed by atoms with Crippen LogP contribution in [0.4, 0.5) is 8.78 Å². The molecular formula is C19H33F2IN4O3. The first-order chi connectivity index (χ1) is 13.4. The number of ether oxygens (including phenoxy) is 3. The van der Waals surface area contributed by atoms with Gasteiger partial charge in [-0.15, -0.1) is 24.0 Å². The predicted molar refractivity (Wildman–Crippen MR) is 122 cm³/mol. The largest absolute Gasteiger partial charge is 0.497 e. The number of rotatable bonds is 12. The van der Waals surface area contributed by atoms with Crippen molar-refractivity contribution in [2.75, 3.05) is 47.9 Å². The van der Waals surface area contributed by atoms with Gasteiger partial charge in [0.15, 0.2) is 5.96 Å². The van der Waals surface area contributed by atoms with E-state index in [1.807, 2.05) is 21.0 Å². The lowest BCUT2D eigenvalue weighted by Gasteiger charge is -2.21. The number of guanidine groups is 1. The Morgan fingerprint density at radius 3 is 2.52 bits per heavy atom. The molecule has 168 valence electrons. The van der Waals surface area contributed by atoms with Gasteiger partial charge < -0.3 is 29.7 Å². The van der Waals surface area contributed by atoms with E-state index in [2.05, 4.69) is 25.3 Å². The molecule has 0 saturated heterocycles. The van der Waals surface area contributed by atoms with Crippen molar-refractivity contribution in [3.8, 4) is 11.5 Å². The average molecular weight is 530 g/mol. The van der Waals surface area contributed by atoms with E-state index in [4.69, 9.17) is 9.47 Å². The number of hydrogen-bond donors (Lipinski definition) is 2. The average Bonchev–Trinajstić information content (AvgIpc) is 2.66. The Balaban J connectivity index is 0.00000784. The fourth-order valence-corrected chi connectivity index (χ4v) is 2.52. The van der Waals surface area contributed by atoms with Crippen LogP contribution >= 0.6 is 24.0 Å². The van der Waals surface area contributed by atoms with Crippen LogP contribution in [0.5, 0.6) is 11.5 Å². The quantitative estimate of drug-likeness (QED) is 0.246. The maximum atomic E-state index is 12.6. The van der Waals surface area contributed by atoms with Crippen molar-refractivity contribution in [2.24, 2.45) is 4.99 Å². The summed E-state index contributed by atoms with van der Waals surface area (Å²) in [7, 11) is 7.20. The highest BCUT2D eigenvalue weighted by molar-refractivity contribution is 14.0. The second-order valence-corrected chi connectivity index (χ2v) is 6.33. The summed E-state index contributed by atoms with van der Waals surface area (Å²) in [5.74, 6) is 1.19. The topological polar surface area (TPSA) is 67.4 Å². The Morgan fingerprint density at radius 2 is 1.97 bits per heavy atom. The van der Waals surface area contributed by atoms with E-state index in [1.54, 1.807) is 19.2 Å². The van der Waals surface area contributed by atoms with Gasteiger partial charge in [-0.2, -0.15) is 8.78 Å². The van der Waals surface area contributed by atoms with Crippen molar-refractivity contribution >= 4 is 29.9 Å². The van der Waals surface area contributed by atoms with Gasteiger partial charge >= 0.3 is 6.61 Å². The van der Waals surface area contributed by atoms with Crippen molar-refractivity contribution in [3.05, 3.63) is 23.8 Å². The van der Waals surface area contributed by atoms with Crippen LogP contribution in [0.1, 0.15) is 18.9 Å². The molecular weight excluding hydrogens is 497 g/mol. The third-order valence-corrected chi connectivity index (χ3v) is 3.95. The van der Waals surface area contributed by atoms with Gasteiger partial charge in [-0.05, 0) is 45.6 Å². The number of halogens is 3. The molecule has 1 rings (SSSR count). The zero-order valence-electron chi connectivity index (χ0n) is 17.7. The van der Waals surface area contributed by atoms with E-state index in [0.29, 0.717) is 30.4 Å². The van der Waals surface area contributed by atoms with Crippen molar-refractivity contribution in [1.29, 1.82) is 0 Å². The first-order valence-electron chi connectivity index (χ1n) is 9.22. The van der Waals surface area contributed by atoms with Gasteiger partial charge in [0.05, 0.1) is 13.2 Å². The van der Waals surface area contributed by atoms with E-state index in [0.717, 1.165) is 13.0 Å². The summed E-state index contributed by atoms with van der Waals surface area (Å²) in [5.41, 5.74) is 0.538. The highest BCUT2D eigenvalue weighted by atomic mass is 127. The number of hydrogen-bond acceptors (Lipinski definition) is 5. The summed E-state index contributed by atoms with van der Waals surface area (Å²) < 4.78 is 40.8. The minimum absolute atomic E-state index is 0. The van der Waals surface area contributed by atoms with Crippen LogP contribution in [-0.2, 0) is 11.3 Å². The number of alkyl halides is 2. The molecule has 1 atom stereocenters. The van der Waals surface area contributed by atoms with Gasteiger partial charge in [-0.3, -0.25) is 4.99 Å². The molecule has 2 N–H and O–H groups in total. The summed E-state index contributed by atoms with van der Waals surface area (Å²) in [6.07, 6.45) is 0.924. The van der Waals surface area contributed by atoms with E-state index < -0.39 is 6.61 Å². The van der Waals surface area contributed by atoms with Gasteiger partial charge in [-0.25, -0.2) is 0 Å². The lowest BCUT2D eigenvalue weighted by molar-refractivity contribution is -0.0505. The normalized spacial score (nSPS) is 12.5. The Morgan fingerprint density at radius 1 is 1.24 bits per heavy atom. The second-order valence-electron chi connectivity index (χ2n) is 6.33. The number of nitrogens with one attached hydrogen (secondary N) is 2. The second kappa shape index (κ2) is 15.4. The fraction of sp³-hybridized carbons (Fsp3) is 0.632. The third kappa shape index (κ3) is 11.4. The molecule has 0 aromatic heterocycles.